The van der Waals surface area contributed by atoms with Gasteiger partial charge in [-0.2, -0.15) is 0 Å². The van der Waals surface area contributed by atoms with Gasteiger partial charge in [0.25, 0.3) is 0 Å². The molecule has 1 unspecified atom stereocenters. The largest absolute Gasteiger partial charge is 0.493 e. The molecular formula is C23H29ClN2O3. The van der Waals surface area contributed by atoms with Crippen LogP contribution in [-0.2, 0) is 6.42 Å². The quantitative estimate of drug-likeness (QED) is 0.632. The van der Waals surface area contributed by atoms with Crippen molar-refractivity contribution in [3.05, 3.63) is 65.7 Å². The Morgan fingerprint density at radius 1 is 1.14 bits per heavy atom. The molecule has 5 nitrogen and oxygen atoms in total. The molecule has 6 heteroatoms. The molecule has 1 atom stereocenters. The number of hydrogen-bond acceptors (Lipinski definition) is 5. The molecule has 3 rings (SSSR count). The molecule has 2 aromatic carbocycles. The fraction of sp³-hybridized carbons (Fsp3) is 0.391. The Hall–Kier alpha value is -2.21. The minimum atomic E-state index is -0.565. The maximum atomic E-state index is 10.4. The Bertz CT molecular complexity index is 806. The highest BCUT2D eigenvalue weighted by Gasteiger charge is 2.20. The van der Waals surface area contributed by atoms with Crippen LogP contribution in [0.5, 0.6) is 11.5 Å². The van der Waals surface area contributed by atoms with Gasteiger partial charge in [-0.3, -0.25) is 4.90 Å². The van der Waals surface area contributed by atoms with Gasteiger partial charge in [0.05, 0.1) is 7.11 Å². The summed E-state index contributed by atoms with van der Waals surface area (Å²) in [6.45, 7) is 8.17. The molecular weight excluding hydrogens is 388 g/mol. The standard InChI is InChI=1S/C23H29ClN2O3/c1-3-5-18-8-9-22(23(14-18)28-2)29-17-21(27)16-25-10-12-26(13-11-25)20-7-4-6-19(24)15-20/h3-4,6-9,14-15,21,27H,1,5,10-13,16-17H2,2H3. The lowest BCUT2D eigenvalue weighted by molar-refractivity contribution is 0.0653. The molecule has 29 heavy (non-hydrogen) atoms. The van der Waals surface area contributed by atoms with E-state index in [0.717, 1.165) is 48.9 Å². The molecule has 0 aromatic heterocycles. The number of β-amino-alcohol motifs (C(OH)–C–C–N with tert-alkyl or cyclic N) is 1. The predicted octanol–water partition coefficient (Wildman–Crippen LogP) is 3.64. The van der Waals surface area contributed by atoms with E-state index in [-0.39, 0.29) is 6.61 Å². The number of hydrogen-bond donors (Lipinski definition) is 1. The van der Waals surface area contributed by atoms with Crippen LogP contribution in [-0.4, -0.2) is 62.6 Å². The molecule has 1 N–H and O–H groups in total. The number of nitrogens with zero attached hydrogens (tertiary/aromatic N) is 2. The maximum Gasteiger partial charge on any atom is 0.161 e. The monoisotopic (exact) mass is 416 g/mol. The number of piperazine rings is 1. The van der Waals surface area contributed by atoms with Crippen molar-refractivity contribution < 1.29 is 14.6 Å². The fourth-order valence-electron chi connectivity index (χ4n) is 3.52. The first-order chi connectivity index (χ1) is 14.1. The van der Waals surface area contributed by atoms with Crippen LogP contribution in [0, 0.1) is 0 Å². The molecule has 1 aliphatic heterocycles. The van der Waals surface area contributed by atoms with E-state index < -0.39 is 6.10 Å². The van der Waals surface area contributed by atoms with Gasteiger partial charge < -0.3 is 19.5 Å². The molecule has 156 valence electrons. The fourth-order valence-corrected chi connectivity index (χ4v) is 3.71. The van der Waals surface area contributed by atoms with Crippen LogP contribution in [0.15, 0.2) is 55.1 Å². The zero-order chi connectivity index (χ0) is 20.6. The topological polar surface area (TPSA) is 45.2 Å². The Kier molecular flexibility index (Phi) is 7.81. The maximum absolute atomic E-state index is 10.4. The van der Waals surface area contributed by atoms with Crippen LogP contribution in [0.2, 0.25) is 5.02 Å². The third-order valence-corrected chi connectivity index (χ3v) is 5.29. The van der Waals surface area contributed by atoms with E-state index in [9.17, 15) is 5.11 Å². The molecule has 2 aromatic rings. The van der Waals surface area contributed by atoms with Crippen LogP contribution in [0.4, 0.5) is 5.69 Å². The summed E-state index contributed by atoms with van der Waals surface area (Å²) in [7, 11) is 1.62. The first-order valence-corrected chi connectivity index (χ1v) is 10.3. The predicted molar refractivity (Wildman–Crippen MR) is 119 cm³/mol. The van der Waals surface area contributed by atoms with E-state index in [0.29, 0.717) is 18.0 Å². The average molecular weight is 417 g/mol. The lowest BCUT2D eigenvalue weighted by Crippen LogP contribution is -2.49. The number of aliphatic hydroxyl groups is 1. The van der Waals surface area contributed by atoms with E-state index in [4.69, 9.17) is 21.1 Å². The van der Waals surface area contributed by atoms with Gasteiger partial charge in [0.2, 0.25) is 0 Å². The average Bonchev–Trinajstić information content (AvgIpc) is 2.73. The van der Waals surface area contributed by atoms with Gasteiger partial charge in [0, 0.05) is 43.4 Å². The summed E-state index contributed by atoms with van der Waals surface area (Å²) >= 11 is 6.10. The first kappa shape index (κ1) is 21.5. The van der Waals surface area contributed by atoms with E-state index in [1.165, 1.54) is 0 Å². The van der Waals surface area contributed by atoms with Crippen molar-refractivity contribution in [1.29, 1.82) is 0 Å². The van der Waals surface area contributed by atoms with E-state index in [1.807, 2.05) is 42.5 Å². The second-order valence-corrected chi connectivity index (χ2v) is 7.65. The summed E-state index contributed by atoms with van der Waals surface area (Å²) in [6.07, 6.45) is 2.07. The van der Waals surface area contributed by atoms with Gasteiger partial charge >= 0.3 is 0 Å². The van der Waals surface area contributed by atoms with Crippen LogP contribution < -0.4 is 14.4 Å². The van der Waals surface area contributed by atoms with Crippen molar-refractivity contribution in [2.75, 3.05) is 51.3 Å². The second-order valence-electron chi connectivity index (χ2n) is 7.21. The smallest absolute Gasteiger partial charge is 0.161 e. The minimum Gasteiger partial charge on any atom is -0.493 e. The van der Waals surface area contributed by atoms with E-state index in [1.54, 1.807) is 7.11 Å². The van der Waals surface area contributed by atoms with Crippen LogP contribution in [0.25, 0.3) is 0 Å². The molecule has 1 fully saturated rings. The Balaban J connectivity index is 1.46. The normalized spacial score (nSPS) is 15.8. The molecule has 0 saturated carbocycles. The van der Waals surface area contributed by atoms with Gasteiger partial charge in [0.15, 0.2) is 11.5 Å². The van der Waals surface area contributed by atoms with Gasteiger partial charge in [-0.1, -0.05) is 29.8 Å². The number of allylic oxidation sites excluding steroid dienone is 1. The molecule has 0 amide bonds. The molecule has 1 heterocycles. The zero-order valence-electron chi connectivity index (χ0n) is 16.9. The summed E-state index contributed by atoms with van der Waals surface area (Å²) in [5.74, 6) is 1.32. The van der Waals surface area contributed by atoms with Crippen molar-refractivity contribution in [1.82, 2.24) is 4.90 Å². The van der Waals surface area contributed by atoms with Gasteiger partial charge in [-0.05, 0) is 42.3 Å². The van der Waals surface area contributed by atoms with E-state index in [2.05, 4.69) is 22.4 Å². The molecule has 0 bridgehead atoms. The highest BCUT2D eigenvalue weighted by atomic mass is 35.5. The lowest BCUT2D eigenvalue weighted by Gasteiger charge is -2.36. The summed E-state index contributed by atoms with van der Waals surface area (Å²) in [5.41, 5.74) is 2.26. The number of ether oxygens (including phenoxy) is 2. The molecule has 1 aliphatic rings. The van der Waals surface area contributed by atoms with Crippen molar-refractivity contribution in [2.24, 2.45) is 0 Å². The summed E-state index contributed by atoms with van der Waals surface area (Å²) in [5, 5.41) is 11.2. The number of halogens is 1. The highest BCUT2D eigenvalue weighted by molar-refractivity contribution is 6.30. The summed E-state index contributed by atoms with van der Waals surface area (Å²) in [6, 6.07) is 13.8. The number of methoxy groups -OCH3 is 1. The van der Waals surface area contributed by atoms with Crippen molar-refractivity contribution in [3.63, 3.8) is 0 Å². The summed E-state index contributed by atoms with van der Waals surface area (Å²) < 4.78 is 11.2. The minimum absolute atomic E-state index is 0.228. The Labute approximate surface area is 178 Å². The number of benzene rings is 2. The molecule has 0 spiro atoms. The third kappa shape index (κ3) is 6.13. The first-order valence-electron chi connectivity index (χ1n) is 9.90. The number of anilines is 1. The lowest BCUT2D eigenvalue weighted by atomic mass is 10.1. The van der Waals surface area contributed by atoms with Gasteiger partial charge in [-0.15, -0.1) is 6.58 Å². The zero-order valence-corrected chi connectivity index (χ0v) is 17.6. The highest BCUT2D eigenvalue weighted by Crippen LogP contribution is 2.28. The Morgan fingerprint density at radius 3 is 2.62 bits per heavy atom. The van der Waals surface area contributed by atoms with Crippen LogP contribution >= 0.6 is 11.6 Å². The second kappa shape index (κ2) is 10.5. The molecule has 0 aliphatic carbocycles. The number of aliphatic hydroxyl groups excluding tert-OH is 1. The van der Waals surface area contributed by atoms with Gasteiger partial charge in [0.1, 0.15) is 12.7 Å². The van der Waals surface area contributed by atoms with Gasteiger partial charge in [-0.25, -0.2) is 0 Å². The number of rotatable bonds is 9. The third-order valence-electron chi connectivity index (χ3n) is 5.05. The Morgan fingerprint density at radius 2 is 1.93 bits per heavy atom. The summed E-state index contributed by atoms with van der Waals surface area (Å²) in [4.78, 5) is 4.58. The van der Waals surface area contributed by atoms with Crippen LogP contribution in [0.3, 0.4) is 0 Å². The van der Waals surface area contributed by atoms with Crippen molar-refractivity contribution in [2.45, 2.75) is 12.5 Å². The van der Waals surface area contributed by atoms with Crippen LogP contribution in [0.1, 0.15) is 5.56 Å². The van der Waals surface area contributed by atoms with E-state index >= 15 is 0 Å². The molecule has 1 saturated heterocycles. The SMILES string of the molecule is C=CCc1ccc(OCC(O)CN2CCN(c3cccc(Cl)c3)CC2)c(OC)c1. The molecule has 0 radical (unpaired) electrons. The van der Waals surface area contributed by atoms with Crippen molar-refractivity contribution in [3.8, 4) is 11.5 Å². The van der Waals surface area contributed by atoms with Crippen molar-refractivity contribution >= 4 is 17.3 Å².